The molecular formula is C9H17NO7S. The van der Waals surface area contributed by atoms with Gasteiger partial charge >= 0.3 is 5.97 Å². The molecule has 8 nitrogen and oxygen atoms in total. The van der Waals surface area contributed by atoms with Gasteiger partial charge in [0, 0.05) is 5.75 Å². The quantitative estimate of drug-likeness (QED) is 0.308. The van der Waals surface area contributed by atoms with Crippen LogP contribution in [0.15, 0.2) is 0 Å². The maximum absolute atomic E-state index is 10.5. The largest absolute Gasteiger partial charge is 0.480 e. The van der Waals surface area contributed by atoms with Crippen LogP contribution >= 0.6 is 11.8 Å². The van der Waals surface area contributed by atoms with Crippen molar-refractivity contribution in [3.8, 4) is 0 Å². The van der Waals surface area contributed by atoms with E-state index in [0.29, 0.717) is 0 Å². The highest BCUT2D eigenvalue weighted by Crippen LogP contribution is 2.28. The lowest BCUT2D eigenvalue weighted by atomic mass is 10.0. The van der Waals surface area contributed by atoms with Gasteiger partial charge in [-0.15, -0.1) is 11.8 Å². The Kier molecular flexibility index (Phi) is 5.79. The second kappa shape index (κ2) is 6.66. The second-order valence-electron chi connectivity index (χ2n) is 3.98. The second-order valence-corrected chi connectivity index (χ2v) is 5.11. The lowest BCUT2D eigenvalue weighted by Gasteiger charge is -2.39. The molecule has 0 aliphatic carbocycles. The normalized spacial score (nSPS) is 38.4. The summed E-state index contributed by atoms with van der Waals surface area (Å²) in [6, 6.07) is -1.12. The first-order chi connectivity index (χ1) is 8.38. The Morgan fingerprint density at radius 2 is 1.89 bits per heavy atom. The number of aliphatic hydroxyl groups is 4. The summed E-state index contributed by atoms with van der Waals surface area (Å²) in [7, 11) is 0. The molecule has 1 fully saturated rings. The van der Waals surface area contributed by atoms with Crippen molar-refractivity contribution >= 4 is 17.7 Å². The molecular weight excluding hydrogens is 266 g/mol. The van der Waals surface area contributed by atoms with Crippen molar-refractivity contribution in [3.63, 3.8) is 0 Å². The van der Waals surface area contributed by atoms with Crippen LogP contribution < -0.4 is 5.73 Å². The van der Waals surface area contributed by atoms with E-state index in [9.17, 15) is 20.1 Å². The van der Waals surface area contributed by atoms with Crippen molar-refractivity contribution < 1.29 is 35.1 Å². The minimum Gasteiger partial charge on any atom is -0.480 e. The number of carboxylic acids is 1. The Morgan fingerprint density at radius 1 is 1.28 bits per heavy atom. The van der Waals surface area contributed by atoms with Crippen LogP contribution in [0.2, 0.25) is 0 Å². The first kappa shape index (κ1) is 15.6. The molecule has 0 aromatic rings. The Labute approximate surface area is 107 Å². The van der Waals surface area contributed by atoms with Gasteiger partial charge in [0.25, 0.3) is 0 Å². The van der Waals surface area contributed by atoms with Crippen LogP contribution in [0.1, 0.15) is 0 Å². The Morgan fingerprint density at radius 3 is 2.39 bits per heavy atom. The summed E-state index contributed by atoms with van der Waals surface area (Å²) in [6.45, 7) is -0.521. The molecule has 1 rings (SSSR count). The Balaban J connectivity index is 2.56. The number of carboxylic acid groups (broad SMARTS) is 1. The van der Waals surface area contributed by atoms with Gasteiger partial charge in [0.2, 0.25) is 0 Å². The fraction of sp³-hybridized carbons (Fsp3) is 0.889. The van der Waals surface area contributed by atoms with E-state index >= 15 is 0 Å². The maximum atomic E-state index is 10.5. The third kappa shape index (κ3) is 3.54. The van der Waals surface area contributed by atoms with E-state index < -0.39 is 48.5 Å². The Bertz CT molecular complexity index is 290. The molecule has 1 unspecified atom stereocenters. The molecule has 106 valence electrons. The van der Waals surface area contributed by atoms with E-state index in [1.54, 1.807) is 0 Å². The average molecular weight is 283 g/mol. The molecule has 0 radical (unpaired) electrons. The molecule has 6 atom stereocenters. The summed E-state index contributed by atoms with van der Waals surface area (Å²) < 4.78 is 5.17. The third-order valence-corrected chi connectivity index (χ3v) is 3.88. The molecule has 0 aromatic carbocycles. The van der Waals surface area contributed by atoms with Gasteiger partial charge in [-0.2, -0.15) is 0 Å². The summed E-state index contributed by atoms with van der Waals surface area (Å²) in [5, 5.41) is 46.2. The van der Waals surface area contributed by atoms with Gasteiger partial charge in [0.1, 0.15) is 35.9 Å². The van der Waals surface area contributed by atoms with Crippen molar-refractivity contribution in [3.05, 3.63) is 0 Å². The predicted octanol–water partition coefficient (Wildman–Crippen LogP) is -3.07. The zero-order valence-electron chi connectivity index (χ0n) is 9.42. The lowest BCUT2D eigenvalue weighted by molar-refractivity contribution is -0.205. The number of nitrogens with two attached hydrogens (primary N) is 1. The number of carbonyl (C=O) groups is 1. The van der Waals surface area contributed by atoms with Gasteiger partial charge in [0.05, 0.1) is 6.61 Å². The standard InChI is InChI=1S/C9H17NO7S/c10-3(8(15)16)2-18-9-7(14)6(13)5(12)4(1-11)17-9/h3-7,9,11-14H,1-2,10H2,(H,15,16)/t3-,4+,5+,6-,7+,9?/m0/s1. The number of hydrogen-bond acceptors (Lipinski definition) is 8. The van der Waals surface area contributed by atoms with Crippen LogP contribution in [0.4, 0.5) is 0 Å². The van der Waals surface area contributed by atoms with E-state index in [1.165, 1.54) is 0 Å². The smallest absolute Gasteiger partial charge is 0.321 e. The molecule has 7 N–H and O–H groups in total. The zero-order chi connectivity index (χ0) is 13.9. The van der Waals surface area contributed by atoms with Crippen LogP contribution in [-0.2, 0) is 9.53 Å². The molecule has 1 saturated heterocycles. The zero-order valence-corrected chi connectivity index (χ0v) is 10.2. The summed E-state index contributed by atoms with van der Waals surface area (Å²) in [5.74, 6) is -1.22. The molecule has 1 heterocycles. The van der Waals surface area contributed by atoms with Crippen LogP contribution in [-0.4, -0.2) is 79.8 Å². The molecule has 0 bridgehead atoms. The highest BCUT2D eigenvalue weighted by molar-refractivity contribution is 7.99. The van der Waals surface area contributed by atoms with Gasteiger partial charge in [-0.1, -0.05) is 0 Å². The number of aliphatic carboxylic acids is 1. The minimum atomic E-state index is -1.46. The van der Waals surface area contributed by atoms with E-state index in [-0.39, 0.29) is 5.75 Å². The fourth-order valence-corrected chi connectivity index (χ4v) is 2.59. The van der Waals surface area contributed by atoms with Gasteiger partial charge in [0.15, 0.2) is 0 Å². The molecule has 0 amide bonds. The molecule has 18 heavy (non-hydrogen) atoms. The van der Waals surface area contributed by atoms with Gasteiger partial charge in [-0.25, -0.2) is 0 Å². The first-order valence-corrected chi connectivity index (χ1v) is 6.33. The molecule has 0 spiro atoms. The number of thioether (sulfide) groups is 1. The monoisotopic (exact) mass is 283 g/mol. The van der Waals surface area contributed by atoms with Crippen LogP contribution in [0.5, 0.6) is 0 Å². The topological polar surface area (TPSA) is 153 Å². The summed E-state index contributed by atoms with van der Waals surface area (Å²) in [6.07, 6.45) is -5.26. The van der Waals surface area contributed by atoms with Gasteiger partial charge < -0.3 is 36.0 Å². The maximum Gasteiger partial charge on any atom is 0.321 e. The van der Waals surface area contributed by atoms with Crippen LogP contribution in [0.3, 0.4) is 0 Å². The minimum absolute atomic E-state index is 0.0297. The number of rotatable bonds is 5. The van der Waals surface area contributed by atoms with Gasteiger partial charge in [-0.3, -0.25) is 4.79 Å². The highest BCUT2D eigenvalue weighted by Gasteiger charge is 2.43. The van der Waals surface area contributed by atoms with Crippen molar-refractivity contribution in [2.24, 2.45) is 5.73 Å². The number of ether oxygens (including phenoxy) is 1. The van der Waals surface area contributed by atoms with Crippen molar-refractivity contribution in [1.82, 2.24) is 0 Å². The fourth-order valence-electron chi connectivity index (χ4n) is 1.47. The summed E-state index contributed by atoms with van der Waals surface area (Å²) >= 11 is 0.907. The molecule has 9 heteroatoms. The van der Waals surface area contributed by atoms with Crippen LogP contribution in [0, 0.1) is 0 Å². The molecule has 1 aliphatic heterocycles. The predicted molar refractivity (Wildman–Crippen MR) is 61.8 cm³/mol. The summed E-state index contributed by atoms with van der Waals surface area (Å²) in [5.41, 5.74) is 4.34. The van der Waals surface area contributed by atoms with Crippen molar-refractivity contribution in [1.29, 1.82) is 0 Å². The van der Waals surface area contributed by atoms with E-state index in [1.807, 2.05) is 0 Å². The summed E-state index contributed by atoms with van der Waals surface area (Å²) in [4.78, 5) is 10.5. The molecule has 0 saturated carbocycles. The molecule has 1 aliphatic rings. The van der Waals surface area contributed by atoms with Crippen molar-refractivity contribution in [2.45, 2.75) is 35.9 Å². The SMILES string of the molecule is N[C@@H](CSC1O[C@H](CO)[C@@H](O)[C@H](O)[C@H]1O)C(=O)O. The average Bonchev–Trinajstić information content (AvgIpc) is 2.34. The molecule has 0 aromatic heterocycles. The van der Waals surface area contributed by atoms with Crippen LogP contribution in [0.25, 0.3) is 0 Å². The first-order valence-electron chi connectivity index (χ1n) is 5.29. The van der Waals surface area contributed by atoms with E-state index in [2.05, 4.69) is 0 Å². The Hall–Kier alpha value is -0.420. The number of aliphatic hydroxyl groups excluding tert-OH is 4. The van der Waals surface area contributed by atoms with Gasteiger partial charge in [-0.05, 0) is 0 Å². The number of hydrogen-bond donors (Lipinski definition) is 6. The van der Waals surface area contributed by atoms with E-state index in [0.717, 1.165) is 11.8 Å². The van der Waals surface area contributed by atoms with E-state index in [4.69, 9.17) is 20.7 Å². The highest BCUT2D eigenvalue weighted by atomic mass is 32.2. The lowest BCUT2D eigenvalue weighted by Crippen LogP contribution is -2.57. The van der Waals surface area contributed by atoms with Crippen molar-refractivity contribution in [2.75, 3.05) is 12.4 Å². The third-order valence-electron chi connectivity index (χ3n) is 2.61.